The minimum absolute atomic E-state index is 0.0361. The normalized spacial score (nSPS) is 11.9. The second-order valence-corrected chi connectivity index (χ2v) is 7.42. The van der Waals surface area contributed by atoms with Gasteiger partial charge in [-0.25, -0.2) is 0 Å². The van der Waals surface area contributed by atoms with Crippen LogP contribution >= 0.6 is 12.2 Å². The molecule has 0 spiro atoms. The molecule has 0 saturated carbocycles. The molecule has 1 atom stereocenters. The number of quaternary nitrogens is 1. The van der Waals surface area contributed by atoms with E-state index in [1.807, 2.05) is 48.9 Å². The van der Waals surface area contributed by atoms with Gasteiger partial charge < -0.3 is 10.2 Å². The van der Waals surface area contributed by atoms with Crippen molar-refractivity contribution in [3.05, 3.63) is 65.2 Å². The fraction of sp³-hybridized carbons (Fsp3) is 0.333. The number of carbonyl (C=O) groups is 1. The molecular weight excluding hydrogens is 384 g/mol. The van der Waals surface area contributed by atoms with Crippen molar-refractivity contribution in [3.63, 3.8) is 0 Å². The van der Waals surface area contributed by atoms with Crippen molar-refractivity contribution in [3.8, 4) is 11.4 Å². The zero-order valence-electron chi connectivity index (χ0n) is 16.8. The third-order valence-corrected chi connectivity index (χ3v) is 4.93. The lowest BCUT2D eigenvalue weighted by Gasteiger charge is -2.13. The molecule has 1 aromatic carbocycles. The number of carbonyl (C=O) groups excluding carboxylic acids is 1. The molecule has 1 amide bonds. The highest BCUT2D eigenvalue weighted by Crippen LogP contribution is 2.18. The number of aromatic nitrogens is 4. The van der Waals surface area contributed by atoms with Gasteiger partial charge in [0.25, 0.3) is 5.91 Å². The van der Waals surface area contributed by atoms with Crippen LogP contribution in [0, 0.1) is 4.77 Å². The maximum Gasteiger partial charge on any atom is 0.275 e. The van der Waals surface area contributed by atoms with Gasteiger partial charge >= 0.3 is 0 Å². The standard InChI is InChI=1S/C21H26N6OS/c1-3-11-23-19(28)15-25(2)16-27-21(29)26(14-17-7-5-4-6-8-17)20(24-27)18-9-12-22-13-10-18/h4-10,12-13H,3,11,14-16H2,1-2H3,(H,23,28)/p+1. The maximum atomic E-state index is 12.0. The minimum atomic E-state index is 0.0361. The molecule has 2 aromatic heterocycles. The van der Waals surface area contributed by atoms with Gasteiger partial charge in [0, 0.05) is 24.5 Å². The van der Waals surface area contributed by atoms with Gasteiger partial charge in [0.1, 0.15) is 0 Å². The van der Waals surface area contributed by atoms with Crippen molar-refractivity contribution in [1.82, 2.24) is 24.6 Å². The van der Waals surface area contributed by atoms with Crippen molar-refractivity contribution < 1.29 is 9.69 Å². The third-order valence-electron chi connectivity index (χ3n) is 4.50. The number of hydrogen-bond donors (Lipinski definition) is 2. The first-order chi connectivity index (χ1) is 14.1. The first-order valence-electron chi connectivity index (χ1n) is 9.78. The fourth-order valence-corrected chi connectivity index (χ4v) is 3.34. The van der Waals surface area contributed by atoms with E-state index in [1.54, 1.807) is 17.1 Å². The first-order valence-corrected chi connectivity index (χ1v) is 10.2. The summed E-state index contributed by atoms with van der Waals surface area (Å²) in [6.45, 7) is 4.25. The Morgan fingerprint density at radius 3 is 2.59 bits per heavy atom. The molecular formula is C21H27N6OS+. The predicted octanol–water partition coefficient (Wildman–Crippen LogP) is 1.52. The summed E-state index contributed by atoms with van der Waals surface area (Å²) in [5.41, 5.74) is 2.11. The summed E-state index contributed by atoms with van der Waals surface area (Å²) in [7, 11) is 1.97. The minimum Gasteiger partial charge on any atom is -0.351 e. The Kier molecular flexibility index (Phi) is 7.26. The number of likely N-dealkylation sites (N-methyl/N-ethyl adjacent to an activating group) is 1. The smallest absolute Gasteiger partial charge is 0.275 e. The van der Waals surface area contributed by atoms with Gasteiger partial charge in [-0.2, -0.15) is 4.68 Å². The molecule has 7 nitrogen and oxygen atoms in total. The number of rotatable bonds is 9. The highest BCUT2D eigenvalue weighted by molar-refractivity contribution is 7.71. The molecule has 3 rings (SSSR count). The highest BCUT2D eigenvalue weighted by atomic mass is 32.1. The summed E-state index contributed by atoms with van der Waals surface area (Å²) in [6.07, 6.45) is 4.43. The number of amides is 1. The molecule has 3 aromatic rings. The van der Waals surface area contributed by atoms with E-state index in [-0.39, 0.29) is 5.91 Å². The number of nitrogens with one attached hydrogen (secondary N) is 2. The van der Waals surface area contributed by atoms with E-state index in [0.29, 0.717) is 31.1 Å². The molecule has 0 aliphatic carbocycles. The van der Waals surface area contributed by atoms with Gasteiger partial charge in [-0.05, 0) is 36.3 Å². The van der Waals surface area contributed by atoms with E-state index in [2.05, 4.69) is 22.4 Å². The van der Waals surface area contributed by atoms with E-state index < -0.39 is 0 Å². The summed E-state index contributed by atoms with van der Waals surface area (Å²) >= 11 is 5.75. The lowest BCUT2D eigenvalue weighted by Crippen LogP contribution is -3.09. The van der Waals surface area contributed by atoms with E-state index in [0.717, 1.165) is 28.3 Å². The zero-order chi connectivity index (χ0) is 20.6. The Morgan fingerprint density at radius 2 is 1.90 bits per heavy atom. The van der Waals surface area contributed by atoms with E-state index >= 15 is 0 Å². The molecule has 1 unspecified atom stereocenters. The van der Waals surface area contributed by atoms with Gasteiger partial charge in [0.05, 0.1) is 13.6 Å². The van der Waals surface area contributed by atoms with Crippen LogP contribution in [-0.2, 0) is 18.0 Å². The molecule has 152 valence electrons. The van der Waals surface area contributed by atoms with Crippen molar-refractivity contribution >= 4 is 18.1 Å². The number of nitrogens with zero attached hydrogens (tertiary/aromatic N) is 4. The molecule has 0 saturated heterocycles. The maximum absolute atomic E-state index is 12.0. The summed E-state index contributed by atoms with van der Waals surface area (Å²) in [4.78, 5) is 17.1. The van der Waals surface area contributed by atoms with Crippen molar-refractivity contribution in [2.24, 2.45) is 0 Å². The van der Waals surface area contributed by atoms with Crippen LogP contribution in [0.15, 0.2) is 54.9 Å². The quantitative estimate of drug-likeness (QED) is 0.524. The van der Waals surface area contributed by atoms with Crippen LogP contribution in [0.4, 0.5) is 0 Å². The number of benzene rings is 1. The molecule has 0 radical (unpaired) electrons. The van der Waals surface area contributed by atoms with E-state index in [9.17, 15) is 4.79 Å². The van der Waals surface area contributed by atoms with Gasteiger partial charge in [0.2, 0.25) is 4.77 Å². The molecule has 0 bridgehead atoms. The summed E-state index contributed by atoms with van der Waals surface area (Å²) in [6, 6.07) is 14.0. The Labute approximate surface area is 176 Å². The predicted molar refractivity (Wildman–Crippen MR) is 115 cm³/mol. The van der Waals surface area contributed by atoms with Crippen molar-refractivity contribution in [2.45, 2.75) is 26.6 Å². The van der Waals surface area contributed by atoms with Crippen molar-refractivity contribution in [1.29, 1.82) is 0 Å². The van der Waals surface area contributed by atoms with Crippen LogP contribution in [0.3, 0.4) is 0 Å². The topological polar surface area (TPSA) is 69.2 Å². The molecule has 8 heteroatoms. The Hall–Kier alpha value is -2.84. The number of pyridine rings is 1. The lowest BCUT2D eigenvalue weighted by atomic mass is 10.2. The van der Waals surface area contributed by atoms with Crippen LogP contribution in [-0.4, -0.2) is 45.4 Å². The second-order valence-electron chi connectivity index (χ2n) is 7.06. The van der Waals surface area contributed by atoms with Crippen molar-refractivity contribution in [2.75, 3.05) is 20.1 Å². The Bertz CT molecular complexity index is 983. The summed E-state index contributed by atoms with van der Waals surface area (Å²) < 4.78 is 4.47. The van der Waals surface area contributed by atoms with Gasteiger partial charge in [-0.3, -0.25) is 14.3 Å². The first kappa shape index (κ1) is 20.9. The monoisotopic (exact) mass is 411 g/mol. The fourth-order valence-electron chi connectivity index (χ4n) is 3.08. The zero-order valence-corrected chi connectivity index (χ0v) is 17.7. The summed E-state index contributed by atoms with van der Waals surface area (Å²) in [5, 5.41) is 7.69. The van der Waals surface area contributed by atoms with E-state index in [4.69, 9.17) is 17.3 Å². The highest BCUT2D eigenvalue weighted by Gasteiger charge is 2.17. The van der Waals surface area contributed by atoms with Crippen LogP contribution in [0.1, 0.15) is 18.9 Å². The molecule has 2 heterocycles. The average Bonchev–Trinajstić information content (AvgIpc) is 3.03. The largest absolute Gasteiger partial charge is 0.351 e. The Balaban J connectivity index is 1.86. The SMILES string of the molecule is CCCNC(=O)C[NH+](C)Cn1nc(-c2ccncc2)n(Cc2ccccc2)c1=S. The Morgan fingerprint density at radius 1 is 1.17 bits per heavy atom. The molecule has 2 N–H and O–H groups in total. The van der Waals surface area contributed by atoms with Crippen LogP contribution < -0.4 is 10.2 Å². The van der Waals surface area contributed by atoms with Crippen LogP contribution in [0.25, 0.3) is 11.4 Å². The number of hydrogen-bond acceptors (Lipinski definition) is 4. The molecule has 29 heavy (non-hydrogen) atoms. The van der Waals surface area contributed by atoms with Gasteiger partial charge in [-0.1, -0.05) is 37.3 Å². The van der Waals surface area contributed by atoms with Crippen LogP contribution in [0.2, 0.25) is 0 Å². The molecule has 0 aliphatic rings. The molecule has 0 aliphatic heterocycles. The second kappa shape index (κ2) is 10.1. The molecule has 0 fully saturated rings. The lowest BCUT2D eigenvalue weighted by molar-refractivity contribution is -0.895. The summed E-state index contributed by atoms with van der Waals surface area (Å²) in [5.74, 6) is 0.832. The van der Waals surface area contributed by atoms with Gasteiger partial charge in [-0.15, -0.1) is 5.10 Å². The van der Waals surface area contributed by atoms with Crippen LogP contribution in [0.5, 0.6) is 0 Å². The third kappa shape index (κ3) is 5.58. The van der Waals surface area contributed by atoms with Gasteiger partial charge in [0.15, 0.2) is 19.0 Å². The van der Waals surface area contributed by atoms with E-state index in [1.165, 1.54) is 0 Å². The average molecular weight is 412 g/mol.